The van der Waals surface area contributed by atoms with Crippen LogP contribution in [0.25, 0.3) is 0 Å². The van der Waals surface area contributed by atoms with Gasteiger partial charge in [-0.3, -0.25) is 0 Å². The summed E-state index contributed by atoms with van der Waals surface area (Å²) >= 11 is 0. The predicted molar refractivity (Wildman–Crippen MR) is 79.5 cm³/mol. The lowest BCUT2D eigenvalue weighted by molar-refractivity contribution is -0.150. The summed E-state index contributed by atoms with van der Waals surface area (Å²) < 4.78 is 5.40. The summed E-state index contributed by atoms with van der Waals surface area (Å²) in [6.07, 6.45) is 12.3. The van der Waals surface area contributed by atoms with E-state index in [-0.39, 0.29) is 0 Å². The van der Waals surface area contributed by atoms with Crippen molar-refractivity contribution in [2.75, 3.05) is 6.61 Å². The maximum absolute atomic E-state index is 10.9. The van der Waals surface area contributed by atoms with Gasteiger partial charge in [0.25, 0.3) is 0 Å². The van der Waals surface area contributed by atoms with Gasteiger partial charge in [0.2, 0.25) is 0 Å². The topological polar surface area (TPSA) is 46.5 Å². The molecular weight excluding hydrogens is 240 g/mol. The normalized spacial score (nSPS) is 12.5. The molecule has 0 aliphatic heterocycles. The van der Waals surface area contributed by atoms with Crippen LogP contribution in [0, 0.1) is 0 Å². The summed E-state index contributed by atoms with van der Waals surface area (Å²) in [4.78, 5) is 10.9. The summed E-state index contributed by atoms with van der Waals surface area (Å²) in [5.41, 5.74) is 0. The molecule has 0 amide bonds. The van der Waals surface area contributed by atoms with E-state index in [0.717, 1.165) is 19.3 Å². The fourth-order valence-electron chi connectivity index (χ4n) is 2.18. The van der Waals surface area contributed by atoms with E-state index in [1.165, 1.54) is 44.9 Å². The molecule has 0 spiro atoms. The molecule has 1 unspecified atom stereocenters. The molecule has 0 fully saturated rings. The van der Waals surface area contributed by atoms with Gasteiger partial charge in [0.05, 0.1) is 0 Å². The molecule has 0 heterocycles. The number of hydrogen-bond acceptors (Lipinski definition) is 2. The lowest BCUT2D eigenvalue weighted by Gasteiger charge is -2.12. The smallest absolute Gasteiger partial charge is 0.332 e. The minimum absolute atomic E-state index is 0.590. The molecule has 0 aliphatic rings. The fraction of sp³-hybridized carbons (Fsp3) is 0.938. The number of ether oxygens (including phenoxy) is 1. The molecular formula is C16H32O3. The highest BCUT2D eigenvalue weighted by molar-refractivity contribution is 5.72. The Morgan fingerprint density at radius 1 is 0.895 bits per heavy atom. The highest BCUT2D eigenvalue weighted by atomic mass is 16.5. The van der Waals surface area contributed by atoms with E-state index in [0.29, 0.717) is 13.0 Å². The third kappa shape index (κ3) is 12.2. The summed E-state index contributed by atoms with van der Waals surface area (Å²) in [6.45, 7) is 4.81. The van der Waals surface area contributed by atoms with Gasteiger partial charge in [-0.1, -0.05) is 71.6 Å². The van der Waals surface area contributed by atoms with Crippen LogP contribution in [0.2, 0.25) is 0 Å². The number of hydrogen-bond donors (Lipinski definition) is 1. The van der Waals surface area contributed by atoms with Crippen molar-refractivity contribution >= 4 is 5.97 Å². The summed E-state index contributed by atoms with van der Waals surface area (Å²) in [6, 6.07) is 0. The first-order valence-electron chi connectivity index (χ1n) is 8.06. The van der Waals surface area contributed by atoms with E-state index in [9.17, 15) is 4.79 Å². The van der Waals surface area contributed by atoms with Crippen molar-refractivity contribution < 1.29 is 14.6 Å². The zero-order chi connectivity index (χ0) is 14.3. The van der Waals surface area contributed by atoms with Crippen LogP contribution >= 0.6 is 0 Å². The Hall–Kier alpha value is -0.570. The Labute approximate surface area is 118 Å². The number of carboxylic acids is 1. The van der Waals surface area contributed by atoms with Crippen LogP contribution in [0.5, 0.6) is 0 Å². The molecule has 0 saturated heterocycles. The van der Waals surface area contributed by atoms with Crippen molar-refractivity contribution in [3.63, 3.8) is 0 Å². The largest absolute Gasteiger partial charge is 0.479 e. The third-order valence-corrected chi connectivity index (χ3v) is 3.39. The molecule has 3 heteroatoms. The Kier molecular flexibility index (Phi) is 13.4. The van der Waals surface area contributed by atoms with Gasteiger partial charge in [-0.15, -0.1) is 0 Å². The summed E-state index contributed by atoms with van der Waals surface area (Å²) in [5.74, 6) is -0.822. The Morgan fingerprint density at radius 3 is 1.89 bits per heavy atom. The molecule has 1 atom stereocenters. The van der Waals surface area contributed by atoms with Crippen LogP contribution < -0.4 is 0 Å². The standard InChI is InChI=1S/C16H32O3/c1-3-5-6-7-8-9-10-11-12-14-19-15(13-4-2)16(17)18/h15H,3-14H2,1-2H3,(H,17,18). The summed E-state index contributed by atoms with van der Waals surface area (Å²) in [5, 5.41) is 8.92. The SMILES string of the molecule is CCCCCCCCCCCOC(CCC)C(=O)O. The molecule has 0 rings (SSSR count). The minimum Gasteiger partial charge on any atom is -0.479 e. The number of unbranched alkanes of at least 4 members (excludes halogenated alkanes) is 8. The number of aliphatic carboxylic acids is 1. The first-order chi connectivity index (χ1) is 9.22. The van der Waals surface area contributed by atoms with Crippen molar-refractivity contribution in [1.82, 2.24) is 0 Å². The molecule has 0 aromatic rings. The van der Waals surface area contributed by atoms with Crippen molar-refractivity contribution in [3.05, 3.63) is 0 Å². The van der Waals surface area contributed by atoms with Gasteiger partial charge in [0.1, 0.15) is 0 Å². The molecule has 19 heavy (non-hydrogen) atoms. The molecule has 1 N–H and O–H groups in total. The summed E-state index contributed by atoms with van der Waals surface area (Å²) in [7, 11) is 0. The molecule has 0 aliphatic carbocycles. The van der Waals surface area contributed by atoms with Gasteiger partial charge in [-0.2, -0.15) is 0 Å². The highest BCUT2D eigenvalue weighted by Crippen LogP contribution is 2.10. The van der Waals surface area contributed by atoms with Crippen LogP contribution in [0.3, 0.4) is 0 Å². The number of carboxylic acid groups (broad SMARTS) is 1. The first kappa shape index (κ1) is 18.4. The van der Waals surface area contributed by atoms with E-state index >= 15 is 0 Å². The van der Waals surface area contributed by atoms with E-state index in [2.05, 4.69) is 6.92 Å². The molecule has 0 saturated carbocycles. The van der Waals surface area contributed by atoms with Crippen LogP contribution in [0.4, 0.5) is 0 Å². The quantitative estimate of drug-likeness (QED) is 0.463. The van der Waals surface area contributed by atoms with Crippen LogP contribution in [-0.2, 0) is 9.53 Å². The van der Waals surface area contributed by atoms with Crippen LogP contribution in [0.1, 0.15) is 84.5 Å². The number of rotatable bonds is 14. The van der Waals surface area contributed by atoms with Gasteiger partial charge >= 0.3 is 5.97 Å². The Bertz CT molecular complexity index is 204. The van der Waals surface area contributed by atoms with Gasteiger partial charge in [-0.05, 0) is 12.8 Å². The van der Waals surface area contributed by atoms with Crippen LogP contribution in [-0.4, -0.2) is 23.8 Å². The van der Waals surface area contributed by atoms with Gasteiger partial charge in [-0.25, -0.2) is 4.79 Å². The third-order valence-electron chi connectivity index (χ3n) is 3.39. The molecule has 0 bridgehead atoms. The molecule has 0 radical (unpaired) electrons. The second kappa shape index (κ2) is 13.9. The highest BCUT2D eigenvalue weighted by Gasteiger charge is 2.15. The van der Waals surface area contributed by atoms with E-state index < -0.39 is 12.1 Å². The lowest BCUT2D eigenvalue weighted by Crippen LogP contribution is -2.24. The average molecular weight is 272 g/mol. The van der Waals surface area contributed by atoms with Gasteiger partial charge in [0.15, 0.2) is 6.10 Å². The van der Waals surface area contributed by atoms with Crippen LogP contribution in [0.15, 0.2) is 0 Å². The Morgan fingerprint density at radius 2 is 1.42 bits per heavy atom. The lowest BCUT2D eigenvalue weighted by atomic mass is 10.1. The zero-order valence-corrected chi connectivity index (χ0v) is 12.8. The molecule has 114 valence electrons. The monoisotopic (exact) mass is 272 g/mol. The van der Waals surface area contributed by atoms with Crippen molar-refractivity contribution in [1.29, 1.82) is 0 Å². The van der Waals surface area contributed by atoms with Gasteiger partial charge in [0, 0.05) is 6.61 Å². The maximum atomic E-state index is 10.9. The zero-order valence-electron chi connectivity index (χ0n) is 12.8. The fourth-order valence-corrected chi connectivity index (χ4v) is 2.18. The first-order valence-corrected chi connectivity index (χ1v) is 8.06. The van der Waals surface area contributed by atoms with E-state index in [1.807, 2.05) is 6.92 Å². The maximum Gasteiger partial charge on any atom is 0.332 e. The Balaban J connectivity index is 3.27. The minimum atomic E-state index is -0.822. The predicted octanol–water partition coefficient (Wildman–Crippen LogP) is 4.79. The number of carbonyl (C=O) groups is 1. The van der Waals surface area contributed by atoms with E-state index in [4.69, 9.17) is 9.84 Å². The molecule has 0 aromatic heterocycles. The second-order valence-electron chi connectivity index (χ2n) is 5.31. The van der Waals surface area contributed by atoms with E-state index in [1.54, 1.807) is 0 Å². The van der Waals surface area contributed by atoms with Gasteiger partial charge < -0.3 is 9.84 Å². The average Bonchev–Trinajstić information content (AvgIpc) is 2.39. The molecule has 0 aromatic carbocycles. The van der Waals surface area contributed by atoms with Crippen molar-refractivity contribution in [2.45, 2.75) is 90.6 Å². The van der Waals surface area contributed by atoms with Crippen molar-refractivity contribution in [2.24, 2.45) is 0 Å². The van der Waals surface area contributed by atoms with Crippen molar-refractivity contribution in [3.8, 4) is 0 Å². The molecule has 3 nitrogen and oxygen atoms in total. The second-order valence-corrected chi connectivity index (χ2v) is 5.31.